The Morgan fingerprint density at radius 1 is 1.29 bits per heavy atom. The van der Waals surface area contributed by atoms with Gasteiger partial charge in [-0.25, -0.2) is 0 Å². The summed E-state index contributed by atoms with van der Waals surface area (Å²) in [6.45, 7) is 6.96. The highest BCUT2D eigenvalue weighted by Crippen LogP contribution is 2.40. The molecule has 0 radical (unpaired) electrons. The molecule has 0 aromatic carbocycles. The second-order valence-corrected chi connectivity index (χ2v) is 7.06. The van der Waals surface area contributed by atoms with Crippen molar-refractivity contribution in [2.75, 3.05) is 0 Å². The third-order valence-electron chi connectivity index (χ3n) is 3.87. The quantitative estimate of drug-likeness (QED) is 0.477. The topological polar surface area (TPSA) is 0 Å². The minimum Gasteiger partial charge on any atom is -0.0836 e. The molecule has 0 aliphatic heterocycles. The lowest BCUT2D eigenvalue weighted by molar-refractivity contribution is 0.559. The number of rotatable bonds is 2. The molecule has 17 heavy (non-hydrogen) atoms. The molecule has 1 heteroatoms. The van der Waals surface area contributed by atoms with Gasteiger partial charge < -0.3 is 0 Å². The number of alkyl halides is 1. The number of hydrogen-bond donors (Lipinski definition) is 0. The maximum atomic E-state index is 2.54. The molecule has 0 bridgehead atoms. The van der Waals surface area contributed by atoms with Crippen molar-refractivity contribution in [3.05, 3.63) is 47.1 Å². The summed E-state index contributed by atoms with van der Waals surface area (Å²) in [5, 5.41) is 0. The van der Waals surface area contributed by atoms with E-state index >= 15 is 0 Å². The molecule has 3 unspecified atom stereocenters. The summed E-state index contributed by atoms with van der Waals surface area (Å²) >= 11 is 2.54. The van der Waals surface area contributed by atoms with Crippen molar-refractivity contribution in [1.29, 1.82) is 0 Å². The maximum absolute atomic E-state index is 2.54. The first-order valence-corrected chi connectivity index (χ1v) is 7.73. The Morgan fingerprint density at radius 2 is 2.06 bits per heavy atom. The lowest BCUT2D eigenvalue weighted by Gasteiger charge is -2.32. The van der Waals surface area contributed by atoms with Crippen LogP contribution in [0.15, 0.2) is 47.1 Å². The summed E-state index contributed by atoms with van der Waals surface area (Å²) in [7, 11) is 0. The lowest BCUT2D eigenvalue weighted by atomic mass is 9.74. The average molecular weight is 340 g/mol. The molecule has 0 spiro atoms. The molecule has 2 rings (SSSR count). The summed E-state index contributed by atoms with van der Waals surface area (Å²) in [5.41, 5.74) is 4.78. The summed E-state index contributed by atoms with van der Waals surface area (Å²) in [6.07, 6.45) is 13.9. The molecule has 0 heterocycles. The number of halogens is 1. The largest absolute Gasteiger partial charge is 0.0836 e. The predicted molar refractivity (Wildman–Crippen MR) is 84.4 cm³/mol. The van der Waals surface area contributed by atoms with Gasteiger partial charge in [-0.3, -0.25) is 0 Å². The highest BCUT2D eigenvalue weighted by molar-refractivity contribution is 14.1. The van der Waals surface area contributed by atoms with E-state index in [4.69, 9.17) is 0 Å². The van der Waals surface area contributed by atoms with Crippen LogP contribution in [0.5, 0.6) is 0 Å². The van der Waals surface area contributed by atoms with Crippen molar-refractivity contribution in [2.24, 2.45) is 11.8 Å². The van der Waals surface area contributed by atoms with Gasteiger partial charge in [-0.1, -0.05) is 71.0 Å². The first-order valence-electron chi connectivity index (χ1n) is 6.49. The lowest BCUT2D eigenvalue weighted by Crippen LogP contribution is -2.19. The Bertz CT molecular complexity index is 407. The van der Waals surface area contributed by atoms with Gasteiger partial charge in [0.15, 0.2) is 0 Å². The van der Waals surface area contributed by atoms with Crippen LogP contribution >= 0.6 is 22.6 Å². The minimum atomic E-state index is 0.611. The third-order valence-corrected chi connectivity index (χ3v) is 4.54. The molecule has 0 saturated heterocycles. The molecule has 0 nitrogen and oxygen atoms in total. The molecule has 0 aromatic rings. The first kappa shape index (κ1) is 13.1. The summed E-state index contributed by atoms with van der Waals surface area (Å²) < 4.78 is 0.611. The van der Waals surface area contributed by atoms with Gasteiger partial charge in [-0.05, 0) is 38.2 Å². The summed E-state index contributed by atoms with van der Waals surface area (Å²) in [6, 6.07) is 0. The number of allylic oxidation sites excluding steroid dienone is 8. The van der Waals surface area contributed by atoms with E-state index in [1.54, 1.807) is 11.1 Å². The molecule has 2 aliphatic carbocycles. The fourth-order valence-corrected chi connectivity index (χ4v) is 3.49. The summed E-state index contributed by atoms with van der Waals surface area (Å²) in [5.74, 6) is 1.35. The minimum absolute atomic E-state index is 0.611. The van der Waals surface area contributed by atoms with Crippen LogP contribution in [0.1, 0.15) is 33.6 Å². The van der Waals surface area contributed by atoms with E-state index in [-0.39, 0.29) is 0 Å². The second-order valence-electron chi connectivity index (χ2n) is 5.19. The normalized spacial score (nSPS) is 30.5. The predicted octanol–water partition coefficient (Wildman–Crippen LogP) is 5.22. The van der Waals surface area contributed by atoms with Crippen molar-refractivity contribution >= 4 is 22.6 Å². The van der Waals surface area contributed by atoms with Crippen molar-refractivity contribution in [1.82, 2.24) is 0 Å². The molecular formula is C16H21I. The van der Waals surface area contributed by atoms with Crippen molar-refractivity contribution in [3.63, 3.8) is 0 Å². The third kappa shape index (κ3) is 2.75. The Balaban J connectivity index is 2.41. The van der Waals surface area contributed by atoms with Gasteiger partial charge in [-0.2, -0.15) is 0 Å². The average Bonchev–Trinajstić information content (AvgIpc) is 2.30. The van der Waals surface area contributed by atoms with Crippen LogP contribution in [-0.4, -0.2) is 3.92 Å². The zero-order chi connectivity index (χ0) is 12.4. The van der Waals surface area contributed by atoms with Crippen LogP contribution in [0, 0.1) is 11.8 Å². The van der Waals surface area contributed by atoms with Gasteiger partial charge in [0.2, 0.25) is 0 Å². The van der Waals surface area contributed by atoms with E-state index in [1.807, 2.05) is 0 Å². The van der Waals surface area contributed by atoms with Crippen LogP contribution in [0.3, 0.4) is 0 Å². The van der Waals surface area contributed by atoms with Gasteiger partial charge >= 0.3 is 0 Å². The fourth-order valence-electron chi connectivity index (χ4n) is 2.92. The van der Waals surface area contributed by atoms with E-state index in [2.05, 4.69) is 73.7 Å². The Morgan fingerprint density at radius 3 is 2.71 bits per heavy atom. The van der Waals surface area contributed by atoms with Crippen LogP contribution in [0.25, 0.3) is 0 Å². The highest BCUT2D eigenvalue weighted by Gasteiger charge is 2.26. The maximum Gasteiger partial charge on any atom is 0.0331 e. The van der Waals surface area contributed by atoms with Gasteiger partial charge in [0.1, 0.15) is 0 Å². The second kappa shape index (κ2) is 5.55. The van der Waals surface area contributed by atoms with Gasteiger partial charge in [-0.15, -0.1) is 0 Å². The fraction of sp³-hybridized carbons (Fsp3) is 0.500. The molecule has 0 fully saturated rings. The van der Waals surface area contributed by atoms with Crippen molar-refractivity contribution in [2.45, 2.75) is 37.5 Å². The van der Waals surface area contributed by atoms with Crippen molar-refractivity contribution < 1.29 is 0 Å². The van der Waals surface area contributed by atoms with Gasteiger partial charge in [0, 0.05) is 9.84 Å². The zero-order valence-corrected chi connectivity index (χ0v) is 13.1. The Labute approximate surface area is 119 Å². The van der Waals surface area contributed by atoms with Crippen LogP contribution in [0.4, 0.5) is 0 Å². The van der Waals surface area contributed by atoms with Crippen LogP contribution in [0.2, 0.25) is 0 Å². The Kier molecular flexibility index (Phi) is 4.29. The van der Waals surface area contributed by atoms with E-state index < -0.39 is 0 Å². The van der Waals surface area contributed by atoms with E-state index in [1.165, 1.54) is 18.4 Å². The van der Waals surface area contributed by atoms with Gasteiger partial charge in [0.25, 0.3) is 0 Å². The molecule has 92 valence electrons. The van der Waals surface area contributed by atoms with Crippen molar-refractivity contribution in [3.8, 4) is 0 Å². The monoisotopic (exact) mass is 340 g/mol. The van der Waals surface area contributed by atoms with Gasteiger partial charge in [0.05, 0.1) is 0 Å². The smallest absolute Gasteiger partial charge is 0.0331 e. The molecular weight excluding hydrogens is 319 g/mol. The molecule has 0 saturated carbocycles. The van der Waals surface area contributed by atoms with E-state index in [9.17, 15) is 0 Å². The number of hydrogen-bond acceptors (Lipinski definition) is 0. The van der Waals surface area contributed by atoms with Crippen LogP contribution in [-0.2, 0) is 0 Å². The SMILES string of the molecule is CC1=CC=CCC1C1=C(C(C)I)C=CCC1C. The molecule has 2 aliphatic rings. The molecule has 3 atom stereocenters. The zero-order valence-electron chi connectivity index (χ0n) is 10.9. The summed E-state index contributed by atoms with van der Waals surface area (Å²) in [4.78, 5) is 0. The standard InChI is InChI=1S/C16H21I/c1-11-7-4-5-9-14(11)16-12(2)8-6-10-15(16)13(3)17/h4-7,10,12-14H,8-9H2,1-3H3. The van der Waals surface area contributed by atoms with Crippen LogP contribution < -0.4 is 0 Å². The molecule has 0 aromatic heterocycles. The van der Waals surface area contributed by atoms with E-state index in [0.29, 0.717) is 15.8 Å². The highest BCUT2D eigenvalue weighted by atomic mass is 127. The molecule has 0 N–H and O–H groups in total. The Hall–Kier alpha value is -0.310. The van der Waals surface area contributed by atoms with E-state index in [0.717, 1.165) is 0 Å². The first-order chi connectivity index (χ1) is 8.11. The molecule has 0 amide bonds.